The van der Waals surface area contributed by atoms with Crippen LogP contribution < -0.4 is 5.32 Å². The highest BCUT2D eigenvalue weighted by Gasteiger charge is 2.43. The van der Waals surface area contributed by atoms with Crippen molar-refractivity contribution in [2.75, 3.05) is 0 Å². The molecule has 1 fully saturated rings. The molecule has 0 saturated carbocycles. The highest BCUT2D eigenvalue weighted by molar-refractivity contribution is 5.81. The van der Waals surface area contributed by atoms with Gasteiger partial charge < -0.3 is 5.32 Å². The van der Waals surface area contributed by atoms with E-state index >= 15 is 0 Å². The lowest BCUT2D eigenvalue weighted by atomic mass is 9.73. The van der Waals surface area contributed by atoms with Crippen molar-refractivity contribution in [3.05, 3.63) is 35.4 Å². The Labute approximate surface area is 97.1 Å². The van der Waals surface area contributed by atoms with Gasteiger partial charge >= 0.3 is 0 Å². The minimum Gasteiger partial charge on any atom is -0.352 e. The van der Waals surface area contributed by atoms with Gasteiger partial charge in [0, 0.05) is 17.9 Å². The van der Waals surface area contributed by atoms with Gasteiger partial charge in [0.1, 0.15) is 0 Å². The standard InChI is InChI=1S/C14H19NO/c1-4-12-14(3,9-13(16)15-12)11-8-6-5-7-10(11)2/h5-8,12H,4,9H2,1-3H3,(H,15,16). The number of benzene rings is 1. The van der Waals surface area contributed by atoms with Gasteiger partial charge in [0.2, 0.25) is 5.91 Å². The highest BCUT2D eigenvalue weighted by atomic mass is 16.2. The number of hydrogen-bond donors (Lipinski definition) is 1. The van der Waals surface area contributed by atoms with Crippen molar-refractivity contribution in [2.24, 2.45) is 0 Å². The van der Waals surface area contributed by atoms with Crippen LogP contribution >= 0.6 is 0 Å². The van der Waals surface area contributed by atoms with Crippen molar-refractivity contribution in [1.82, 2.24) is 5.32 Å². The third-order valence-corrected chi connectivity index (χ3v) is 3.80. The summed E-state index contributed by atoms with van der Waals surface area (Å²) in [5, 5.41) is 3.08. The van der Waals surface area contributed by atoms with E-state index in [0.29, 0.717) is 6.42 Å². The summed E-state index contributed by atoms with van der Waals surface area (Å²) in [4.78, 5) is 11.6. The van der Waals surface area contributed by atoms with Crippen molar-refractivity contribution >= 4 is 5.91 Å². The molecular formula is C14H19NO. The van der Waals surface area contributed by atoms with E-state index in [1.54, 1.807) is 0 Å². The molecule has 2 unspecified atom stereocenters. The molecule has 1 aliphatic rings. The molecule has 1 aromatic carbocycles. The van der Waals surface area contributed by atoms with Crippen molar-refractivity contribution in [1.29, 1.82) is 0 Å². The summed E-state index contributed by atoms with van der Waals surface area (Å²) in [6, 6.07) is 8.64. The topological polar surface area (TPSA) is 29.1 Å². The van der Waals surface area contributed by atoms with Crippen LogP contribution in [0.25, 0.3) is 0 Å². The zero-order chi connectivity index (χ0) is 11.8. The predicted octanol–water partition coefficient (Wildman–Crippen LogP) is 2.55. The summed E-state index contributed by atoms with van der Waals surface area (Å²) in [6.45, 7) is 6.45. The molecule has 1 aromatic rings. The molecule has 2 nitrogen and oxygen atoms in total. The Bertz CT molecular complexity index is 413. The van der Waals surface area contributed by atoms with Crippen molar-refractivity contribution in [2.45, 2.75) is 45.1 Å². The van der Waals surface area contributed by atoms with Crippen LogP contribution in [-0.4, -0.2) is 11.9 Å². The van der Waals surface area contributed by atoms with E-state index in [4.69, 9.17) is 0 Å². The second-order valence-electron chi connectivity index (χ2n) is 4.94. The molecule has 2 rings (SSSR count). The maximum atomic E-state index is 11.6. The number of amides is 1. The molecule has 2 heteroatoms. The largest absolute Gasteiger partial charge is 0.352 e. The first-order chi connectivity index (χ1) is 7.58. The van der Waals surface area contributed by atoms with Crippen molar-refractivity contribution in [3.63, 3.8) is 0 Å². The monoisotopic (exact) mass is 217 g/mol. The quantitative estimate of drug-likeness (QED) is 0.810. The number of carbonyl (C=O) groups is 1. The fourth-order valence-corrected chi connectivity index (χ4v) is 2.91. The van der Waals surface area contributed by atoms with Gasteiger partial charge in [0.05, 0.1) is 0 Å². The van der Waals surface area contributed by atoms with Crippen LogP contribution in [-0.2, 0) is 10.2 Å². The minimum atomic E-state index is -0.0445. The number of rotatable bonds is 2. The molecule has 16 heavy (non-hydrogen) atoms. The molecule has 0 radical (unpaired) electrons. The van der Waals surface area contributed by atoms with E-state index in [-0.39, 0.29) is 17.4 Å². The zero-order valence-corrected chi connectivity index (χ0v) is 10.2. The highest BCUT2D eigenvalue weighted by Crippen LogP contribution is 2.38. The van der Waals surface area contributed by atoms with Crippen molar-refractivity contribution < 1.29 is 4.79 Å². The Kier molecular flexibility index (Phi) is 2.75. The number of hydrogen-bond acceptors (Lipinski definition) is 1. The van der Waals surface area contributed by atoms with Gasteiger partial charge in [-0.3, -0.25) is 4.79 Å². The Morgan fingerprint density at radius 3 is 2.75 bits per heavy atom. The summed E-state index contributed by atoms with van der Waals surface area (Å²) in [6.07, 6.45) is 1.59. The molecule has 1 amide bonds. The van der Waals surface area contributed by atoms with Crippen LogP contribution in [0.15, 0.2) is 24.3 Å². The normalized spacial score (nSPS) is 29.2. The molecule has 1 N–H and O–H groups in total. The summed E-state index contributed by atoms with van der Waals surface area (Å²) in [7, 11) is 0. The van der Waals surface area contributed by atoms with E-state index in [1.165, 1.54) is 11.1 Å². The number of aryl methyl sites for hydroxylation is 1. The Morgan fingerprint density at radius 2 is 2.12 bits per heavy atom. The first kappa shape index (κ1) is 11.2. The minimum absolute atomic E-state index is 0.0445. The molecule has 2 atom stereocenters. The first-order valence-electron chi connectivity index (χ1n) is 5.93. The van der Waals surface area contributed by atoms with Gasteiger partial charge in [-0.2, -0.15) is 0 Å². The second kappa shape index (κ2) is 3.93. The number of carbonyl (C=O) groups excluding carboxylic acids is 1. The molecule has 0 bridgehead atoms. The van der Waals surface area contributed by atoms with E-state index in [1.807, 2.05) is 6.07 Å². The number of nitrogens with one attached hydrogen (secondary N) is 1. The average Bonchev–Trinajstić information content (AvgIpc) is 2.55. The van der Waals surface area contributed by atoms with Crippen LogP contribution in [0.2, 0.25) is 0 Å². The molecule has 1 saturated heterocycles. The van der Waals surface area contributed by atoms with Gasteiger partial charge in [0.15, 0.2) is 0 Å². The molecule has 0 aromatic heterocycles. The summed E-state index contributed by atoms with van der Waals surface area (Å²) in [5.41, 5.74) is 2.54. The Hall–Kier alpha value is -1.31. The fraction of sp³-hybridized carbons (Fsp3) is 0.500. The van der Waals surface area contributed by atoms with E-state index in [2.05, 4.69) is 44.3 Å². The summed E-state index contributed by atoms with van der Waals surface area (Å²) < 4.78 is 0. The van der Waals surface area contributed by atoms with E-state index in [9.17, 15) is 4.79 Å². The Balaban J connectivity index is 2.45. The lowest BCUT2D eigenvalue weighted by Gasteiger charge is -2.31. The smallest absolute Gasteiger partial charge is 0.221 e. The fourth-order valence-electron chi connectivity index (χ4n) is 2.91. The van der Waals surface area contributed by atoms with Crippen LogP contribution in [0, 0.1) is 6.92 Å². The van der Waals surface area contributed by atoms with Gasteiger partial charge in [-0.05, 0) is 24.5 Å². The van der Waals surface area contributed by atoms with E-state index < -0.39 is 0 Å². The van der Waals surface area contributed by atoms with Crippen LogP contribution in [0.1, 0.15) is 37.8 Å². The van der Waals surface area contributed by atoms with E-state index in [0.717, 1.165) is 6.42 Å². The van der Waals surface area contributed by atoms with Gasteiger partial charge in [0.25, 0.3) is 0 Å². The maximum absolute atomic E-state index is 11.6. The molecule has 0 aliphatic carbocycles. The van der Waals surface area contributed by atoms with Crippen molar-refractivity contribution in [3.8, 4) is 0 Å². The third-order valence-electron chi connectivity index (χ3n) is 3.80. The SMILES string of the molecule is CCC1NC(=O)CC1(C)c1ccccc1C. The zero-order valence-electron chi connectivity index (χ0n) is 10.2. The lowest BCUT2D eigenvalue weighted by molar-refractivity contribution is -0.119. The Morgan fingerprint density at radius 1 is 1.44 bits per heavy atom. The molecule has 1 heterocycles. The third kappa shape index (κ3) is 1.62. The predicted molar refractivity (Wildman–Crippen MR) is 65.4 cm³/mol. The molecule has 86 valence electrons. The van der Waals surface area contributed by atoms with Gasteiger partial charge in [-0.1, -0.05) is 38.1 Å². The van der Waals surface area contributed by atoms with Crippen LogP contribution in [0.3, 0.4) is 0 Å². The maximum Gasteiger partial charge on any atom is 0.221 e. The summed E-state index contributed by atoms with van der Waals surface area (Å²) >= 11 is 0. The molecule has 0 spiro atoms. The second-order valence-corrected chi connectivity index (χ2v) is 4.94. The molecule has 1 aliphatic heterocycles. The van der Waals surface area contributed by atoms with Gasteiger partial charge in [-0.25, -0.2) is 0 Å². The van der Waals surface area contributed by atoms with Crippen LogP contribution in [0.4, 0.5) is 0 Å². The average molecular weight is 217 g/mol. The van der Waals surface area contributed by atoms with Gasteiger partial charge in [-0.15, -0.1) is 0 Å². The molecular weight excluding hydrogens is 198 g/mol. The van der Waals surface area contributed by atoms with Crippen LogP contribution in [0.5, 0.6) is 0 Å². The summed E-state index contributed by atoms with van der Waals surface area (Å²) in [5.74, 6) is 0.178. The lowest BCUT2D eigenvalue weighted by Crippen LogP contribution is -2.38. The first-order valence-corrected chi connectivity index (χ1v) is 5.93.